The molecule has 0 fully saturated rings. The summed E-state index contributed by atoms with van der Waals surface area (Å²) in [6.45, 7) is 6.99. The number of allylic oxidation sites excluding steroid dienone is 2. The third kappa shape index (κ3) is 3.10. The van der Waals surface area contributed by atoms with Gasteiger partial charge < -0.3 is 10.0 Å². The minimum absolute atomic E-state index is 0.0321. The highest BCUT2D eigenvalue weighted by atomic mass is 16.3. The largest absolute Gasteiger partial charge is 0.395 e. The first-order chi connectivity index (χ1) is 12.9. The maximum Gasteiger partial charge on any atom is 0.162 e. The number of Topliss-reactive ketones (excluding diaryl/α,β-unsaturated/α-hetero) is 1. The number of aryl methyl sites for hydroxylation is 1. The summed E-state index contributed by atoms with van der Waals surface area (Å²) in [6.07, 6.45) is 1.42. The van der Waals surface area contributed by atoms with E-state index in [2.05, 4.69) is 56.0 Å². The summed E-state index contributed by atoms with van der Waals surface area (Å²) in [4.78, 5) is 15.5. The van der Waals surface area contributed by atoms with Crippen molar-refractivity contribution in [2.75, 3.05) is 18.1 Å². The van der Waals surface area contributed by atoms with Gasteiger partial charge in [-0.3, -0.25) is 4.79 Å². The molecule has 0 saturated carbocycles. The first-order valence-electron chi connectivity index (χ1n) is 9.71. The molecule has 2 aliphatic rings. The number of anilines is 1. The molecule has 1 aliphatic carbocycles. The monoisotopic (exact) mass is 361 g/mol. The highest BCUT2D eigenvalue weighted by Gasteiger charge is 2.43. The van der Waals surface area contributed by atoms with Crippen molar-refractivity contribution in [3.05, 3.63) is 76.5 Å². The van der Waals surface area contributed by atoms with Crippen LogP contribution in [0.4, 0.5) is 5.69 Å². The van der Waals surface area contributed by atoms with E-state index < -0.39 is 0 Å². The molecular weight excluding hydrogens is 334 g/mol. The van der Waals surface area contributed by atoms with Gasteiger partial charge in [-0.25, -0.2) is 0 Å². The summed E-state index contributed by atoms with van der Waals surface area (Å²) in [5.74, 6) is 0.208. The van der Waals surface area contributed by atoms with E-state index in [4.69, 9.17) is 0 Å². The van der Waals surface area contributed by atoms with Crippen LogP contribution < -0.4 is 4.90 Å². The van der Waals surface area contributed by atoms with Crippen molar-refractivity contribution in [3.63, 3.8) is 0 Å². The molecule has 0 saturated heterocycles. The second-order valence-corrected chi connectivity index (χ2v) is 8.58. The van der Waals surface area contributed by atoms with Crippen molar-refractivity contribution in [1.29, 1.82) is 0 Å². The molecule has 0 amide bonds. The average Bonchev–Trinajstić information content (AvgIpc) is 2.62. The third-order valence-electron chi connectivity index (χ3n) is 5.76. The zero-order valence-electron chi connectivity index (χ0n) is 16.3. The van der Waals surface area contributed by atoms with E-state index in [0.717, 1.165) is 34.5 Å². The molecule has 1 atom stereocenters. The first kappa shape index (κ1) is 18.0. The number of ketones is 1. The van der Waals surface area contributed by atoms with E-state index >= 15 is 0 Å². The molecule has 1 aliphatic heterocycles. The van der Waals surface area contributed by atoms with Gasteiger partial charge in [-0.05, 0) is 41.5 Å². The number of aliphatic hydroxyl groups excluding tert-OH is 1. The Hall–Kier alpha value is -2.39. The summed E-state index contributed by atoms with van der Waals surface area (Å²) >= 11 is 0. The van der Waals surface area contributed by atoms with E-state index in [9.17, 15) is 9.90 Å². The van der Waals surface area contributed by atoms with Gasteiger partial charge in [-0.1, -0.05) is 56.3 Å². The van der Waals surface area contributed by atoms with E-state index in [0.29, 0.717) is 13.0 Å². The fourth-order valence-corrected chi connectivity index (χ4v) is 4.65. The number of fused-ring (bicyclic) bond motifs is 1. The first-order valence-corrected chi connectivity index (χ1v) is 9.71. The highest BCUT2D eigenvalue weighted by Crippen LogP contribution is 2.51. The van der Waals surface area contributed by atoms with Crippen molar-refractivity contribution in [3.8, 4) is 0 Å². The number of hydrogen-bond donors (Lipinski definition) is 1. The molecule has 4 rings (SSSR count). The van der Waals surface area contributed by atoms with Gasteiger partial charge in [0.2, 0.25) is 0 Å². The average molecular weight is 361 g/mol. The Bertz CT molecular complexity index is 911. The standard InChI is InChI=1S/C24H27NO2/c1-16-9-10-18-19(13-16)25(11-12-26)20-14-24(2,3)15-21(27)23(20)22(18)17-7-5-4-6-8-17/h4-10,13,22,26H,11-12,14-15H2,1-3H3. The van der Waals surface area contributed by atoms with Crippen LogP contribution in [0.25, 0.3) is 0 Å². The van der Waals surface area contributed by atoms with Gasteiger partial charge in [-0.2, -0.15) is 0 Å². The smallest absolute Gasteiger partial charge is 0.162 e. The minimum Gasteiger partial charge on any atom is -0.395 e. The van der Waals surface area contributed by atoms with Gasteiger partial charge in [0.25, 0.3) is 0 Å². The van der Waals surface area contributed by atoms with Gasteiger partial charge in [-0.15, -0.1) is 0 Å². The second-order valence-electron chi connectivity index (χ2n) is 8.58. The Kier molecular flexibility index (Phi) is 4.43. The minimum atomic E-state index is -0.0633. The van der Waals surface area contributed by atoms with Crippen molar-refractivity contribution >= 4 is 11.5 Å². The molecule has 2 aromatic carbocycles. The number of carbonyl (C=O) groups is 1. The predicted molar refractivity (Wildman–Crippen MR) is 109 cm³/mol. The van der Waals surface area contributed by atoms with Crippen LogP contribution in [0.1, 0.15) is 49.3 Å². The predicted octanol–water partition coefficient (Wildman–Crippen LogP) is 4.58. The summed E-state index contributed by atoms with van der Waals surface area (Å²) in [5, 5.41) is 9.73. The molecule has 140 valence electrons. The van der Waals surface area contributed by atoms with Crippen LogP contribution in [0.3, 0.4) is 0 Å². The molecule has 0 bridgehead atoms. The quantitative estimate of drug-likeness (QED) is 0.870. The van der Waals surface area contributed by atoms with E-state index in [1.807, 2.05) is 18.2 Å². The number of rotatable bonds is 3. The van der Waals surface area contributed by atoms with Crippen LogP contribution in [-0.4, -0.2) is 24.0 Å². The van der Waals surface area contributed by atoms with Crippen LogP contribution in [-0.2, 0) is 4.79 Å². The summed E-state index contributed by atoms with van der Waals surface area (Å²) in [5.41, 5.74) is 6.59. The van der Waals surface area contributed by atoms with Crippen molar-refractivity contribution in [2.45, 2.75) is 39.5 Å². The van der Waals surface area contributed by atoms with Gasteiger partial charge >= 0.3 is 0 Å². The van der Waals surface area contributed by atoms with Crippen LogP contribution >= 0.6 is 0 Å². The Balaban J connectivity index is 2.00. The SMILES string of the molecule is Cc1ccc2c(c1)N(CCO)C1=C(C(=O)CC(C)(C)C1)C2c1ccccc1. The van der Waals surface area contributed by atoms with E-state index in [-0.39, 0.29) is 23.7 Å². The lowest BCUT2D eigenvalue weighted by Gasteiger charge is -2.45. The molecule has 3 heteroatoms. The summed E-state index contributed by atoms with van der Waals surface area (Å²) in [6, 6.07) is 16.8. The fraction of sp³-hybridized carbons (Fsp3) is 0.375. The van der Waals surface area contributed by atoms with Crippen molar-refractivity contribution in [1.82, 2.24) is 0 Å². The molecule has 1 unspecified atom stereocenters. The molecule has 0 aromatic heterocycles. The number of hydrogen-bond acceptors (Lipinski definition) is 3. The fourth-order valence-electron chi connectivity index (χ4n) is 4.65. The van der Waals surface area contributed by atoms with Gasteiger partial charge in [0, 0.05) is 35.8 Å². The number of benzene rings is 2. The van der Waals surface area contributed by atoms with Crippen molar-refractivity contribution in [2.24, 2.45) is 5.41 Å². The zero-order chi connectivity index (χ0) is 19.2. The van der Waals surface area contributed by atoms with Gasteiger partial charge in [0.15, 0.2) is 5.78 Å². The molecule has 3 nitrogen and oxygen atoms in total. The summed E-state index contributed by atoms with van der Waals surface area (Å²) in [7, 11) is 0. The number of aliphatic hydroxyl groups is 1. The van der Waals surface area contributed by atoms with E-state index in [1.54, 1.807) is 0 Å². The number of carbonyl (C=O) groups excluding carboxylic acids is 1. The molecule has 0 spiro atoms. The van der Waals surface area contributed by atoms with Crippen LogP contribution in [0.15, 0.2) is 59.8 Å². The Morgan fingerprint density at radius 2 is 1.85 bits per heavy atom. The van der Waals surface area contributed by atoms with Gasteiger partial charge in [0.1, 0.15) is 0 Å². The van der Waals surface area contributed by atoms with E-state index in [1.165, 1.54) is 5.56 Å². The maximum absolute atomic E-state index is 13.3. The third-order valence-corrected chi connectivity index (χ3v) is 5.76. The molecule has 1 heterocycles. The molecule has 0 radical (unpaired) electrons. The lowest BCUT2D eigenvalue weighted by molar-refractivity contribution is -0.118. The molecular formula is C24H27NO2. The number of nitrogens with zero attached hydrogens (tertiary/aromatic N) is 1. The Morgan fingerprint density at radius 1 is 1.11 bits per heavy atom. The normalized spacial score (nSPS) is 21.1. The lowest BCUT2D eigenvalue weighted by atomic mass is 9.68. The number of β-amino-alcohol motifs (C(OH)–C–C–N with tert-alkyl or cyclic N) is 1. The molecule has 27 heavy (non-hydrogen) atoms. The highest BCUT2D eigenvalue weighted by molar-refractivity contribution is 6.02. The zero-order valence-corrected chi connectivity index (χ0v) is 16.3. The lowest BCUT2D eigenvalue weighted by Crippen LogP contribution is -2.40. The van der Waals surface area contributed by atoms with Crippen LogP contribution in [0.2, 0.25) is 0 Å². The Labute approximate surface area is 161 Å². The van der Waals surface area contributed by atoms with Crippen LogP contribution in [0, 0.1) is 12.3 Å². The molecule has 1 N–H and O–H groups in total. The maximum atomic E-state index is 13.3. The van der Waals surface area contributed by atoms with Crippen molar-refractivity contribution < 1.29 is 9.90 Å². The van der Waals surface area contributed by atoms with Crippen LogP contribution in [0.5, 0.6) is 0 Å². The van der Waals surface area contributed by atoms with Gasteiger partial charge in [0.05, 0.1) is 6.61 Å². The molecule has 2 aromatic rings. The Morgan fingerprint density at radius 3 is 2.56 bits per heavy atom. The summed E-state index contributed by atoms with van der Waals surface area (Å²) < 4.78 is 0. The topological polar surface area (TPSA) is 40.5 Å². The second kappa shape index (κ2) is 6.65.